The monoisotopic (exact) mass is 303 g/mol. The minimum atomic E-state index is -0.222. The highest BCUT2D eigenvalue weighted by Gasteiger charge is 2.12. The summed E-state index contributed by atoms with van der Waals surface area (Å²) in [5.41, 5.74) is 1.11. The third kappa shape index (κ3) is 4.74. The number of methoxy groups -OCH3 is 1. The van der Waals surface area contributed by atoms with Gasteiger partial charge in [0.25, 0.3) is 0 Å². The number of hydrogen-bond acceptors (Lipinski definition) is 2. The van der Waals surface area contributed by atoms with E-state index in [0.717, 1.165) is 18.4 Å². The Morgan fingerprint density at radius 2 is 2.18 bits per heavy atom. The van der Waals surface area contributed by atoms with Crippen molar-refractivity contribution in [1.82, 2.24) is 5.32 Å². The maximum absolute atomic E-state index is 13.1. The minimum absolute atomic E-state index is 0.219. The van der Waals surface area contributed by atoms with Crippen molar-refractivity contribution in [2.45, 2.75) is 31.9 Å². The summed E-state index contributed by atoms with van der Waals surface area (Å²) >= 11 is 3.20. The van der Waals surface area contributed by atoms with Crippen molar-refractivity contribution in [2.24, 2.45) is 0 Å². The topological polar surface area (TPSA) is 21.3 Å². The van der Waals surface area contributed by atoms with Crippen LogP contribution in [-0.4, -0.2) is 26.3 Å². The van der Waals surface area contributed by atoms with Crippen LogP contribution < -0.4 is 5.32 Å². The lowest BCUT2D eigenvalue weighted by molar-refractivity contribution is 0.101. The molecule has 1 aromatic rings. The highest BCUT2D eigenvalue weighted by molar-refractivity contribution is 9.10. The van der Waals surface area contributed by atoms with Gasteiger partial charge in [0.2, 0.25) is 0 Å². The van der Waals surface area contributed by atoms with Gasteiger partial charge in [-0.15, -0.1) is 0 Å². The van der Waals surface area contributed by atoms with Crippen LogP contribution in [0.15, 0.2) is 22.7 Å². The molecule has 2 atom stereocenters. The summed E-state index contributed by atoms with van der Waals surface area (Å²) in [6.45, 7) is 2.05. The lowest BCUT2D eigenvalue weighted by Crippen LogP contribution is -2.31. The van der Waals surface area contributed by atoms with Gasteiger partial charge in [-0.2, -0.15) is 0 Å². The van der Waals surface area contributed by atoms with Crippen LogP contribution in [0.4, 0.5) is 4.39 Å². The van der Waals surface area contributed by atoms with E-state index >= 15 is 0 Å². The lowest BCUT2D eigenvalue weighted by atomic mass is 10.0. The normalized spacial score (nSPS) is 14.6. The number of halogens is 2. The molecule has 0 aromatic heterocycles. The van der Waals surface area contributed by atoms with Gasteiger partial charge in [-0.3, -0.25) is 0 Å². The summed E-state index contributed by atoms with van der Waals surface area (Å²) in [6, 6.07) is 5.48. The van der Waals surface area contributed by atoms with Crippen LogP contribution in [0.1, 0.15) is 18.9 Å². The highest BCUT2D eigenvalue weighted by Crippen LogP contribution is 2.18. The maximum Gasteiger partial charge on any atom is 0.137 e. The molecule has 0 amide bonds. The van der Waals surface area contributed by atoms with E-state index in [1.54, 1.807) is 7.11 Å². The van der Waals surface area contributed by atoms with Crippen LogP contribution in [0, 0.1) is 5.82 Å². The van der Waals surface area contributed by atoms with E-state index in [1.165, 1.54) is 6.07 Å². The van der Waals surface area contributed by atoms with E-state index in [1.807, 2.05) is 26.1 Å². The van der Waals surface area contributed by atoms with Crippen molar-refractivity contribution in [3.05, 3.63) is 34.1 Å². The summed E-state index contributed by atoms with van der Waals surface area (Å²) in [5, 5.41) is 3.26. The quantitative estimate of drug-likeness (QED) is 0.872. The molecule has 2 unspecified atom stereocenters. The molecule has 0 spiro atoms. The maximum atomic E-state index is 13.1. The van der Waals surface area contributed by atoms with Gasteiger partial charge in [0.05, 0.1) is 10.6 Å². The Morgan fingerprint density at radius 1 is 1.47 bits per heavy atom. The molecule has 0 radical (unpaired) electrons. The number of benzene rings is 1. The molecule has 1 rings (SSSR count). The summed E-state index contributed by atoms with van der Waals surface area (Å²) in [6.07, 6.45) is 2.02. The van der Waals surface area contributed by atoms with E-state index in [-0.39, 0.29) is 11.9 Å². The van der Waals surface area contributed by atoms with Gasteiger partial charge in [-0.25, -0.2) is 4.39 Å². The Kier molecular flexibility index (Phi) is 6.09. The van der Waals surface area contributed by atoms with Gasteiger partial charge in [0, 0.05) is 13.2 Å². The highest BCUT2D eigenvalue weighted by atomic mass is 79.9. The molecule has 96 valence electrons. The van der Waals surface area contributed by atoms with Gasteiger partial charge >= 0.3 is 0 Å². The molecule has 0 aliphatic rings. The fourth-order valence-corrected chi connectivity index (χ4v) is 2.18. The van der Waals surface area contributed by atoms with Gasteiger partial charge in [0.1, 0.15) is 5.82 Å². The third-order valence-electron chi connectivity index (χ3n) is 2.89. The van der Waals surface area contributed by atoms with Crippen molar-refractivity contribution >= 4 is 15.9 Å². The van der Waals surface area contributed by atoms with Crippen LogP contribution in [0.25, 0.3) is 0 Å². The molecular formula is C13H19BrFNO. The Balaban J connectivity index is 2.63. The molecule has 0 saturated carbocycles. The number of nitrogens with one attached hydrogen (secondary N) is 1. The Hall–Kier alpha value is -0.450. The van der Waals surface area contributed by atoms with E-state index in [2.05, 4.69) is 21.2 Å². The van der Waals surface area contributed by atoms with Crippen LogP contribution in [-0.2, 0) is 11.2 Å². The first-order valence-electron chi connectivity index (χ1n) is 5.70. The van der Waals surface area contributed by atoms with Gasteiger partial charge in [-0.1, -0.05) is 6.07 Å². The number of ether oxygens (including phenoxy) is 1. The Labute approximate surface area is 111 Å². The zero-order valence-corrected chi connectivity index (χ0v) is 12.1. The summed E-state index contributed by atoms with van der Waals surface area (Å²) in [4.78, 5) is 0. The number of rotatable bonds is 6. The first-order chi connectivity index (χ1) is 8.06. The van der Waals surface area contributed by atoms with E-state index < -0.39 is 0 Å². The molecule has 0 saturated heterocycles. The molecule has 2 nitrogen and oxygen atoms in total. The van der Waals surface area contributed by atoms with Crippen molar-refractivity contribution in [3.8, 4) is 0 Å². The molecule has 17 heavy (non-hydrogen) atoms. The largest absolute Gasteiger partial charge is 0.382 e. The van der Waals surface area contributed by atoms with Gasteiger partial charge < -0.3 is 10.1 Å². The van der Waals surface area contributed by atoms with Crippen molar-refractivity contribution in [2.75, 3.05) is 14.2 Å². The fraction of sp³-hybridized carbons (Fsp3) is 0.538. The third-order valence-corrected chi connectivity index (χ3v) is 3.50. The molecule has 0 aliphatic heterocycles. The Morgan fingerprint density at radius 3 is 2.71 bits per heavy atom. The smallest absolute Gasteiger partial charge is 0.137 e. The molecule has 1 aromatic carbocycles. The SMILES string of the molecule is CNC(Cc1ccc(F)c(Br)c1)CC(C)OC. The van der Waals surface area contributed by atoms with Gasteiger partial charge in [0.15, 0.2) is 0 Å². The predicted octanol–water partition coefficient (Wildman–Crippen LogP) is 3.14. The van der Waals surface area contributed by atoms with E-state index in [0.29, 0.717) is 10.5 Å². The van der Waals surface area contributed by atoms with Crippen LogP contribution in [0.2, 0.25) is 0 Å². The van der Waals surface area contributed by atoms with E-state index in [9.17, 15) is 4.39 Å². The summed E-state index contributed by atoms with van der Waals surface area (Å²) in [5.74, 6) is -0.222. The molecule has 0 fully saturated rings. The average Bonchev–Trinajstić information content (AvgIpc) is 2.32. The second-order valence-electron chi connectivity index (χ2n) is 4.22. The Bertz CT molecular complexity index is 359. The number of likely N-dealkylation sites (N-methyl/N-ethyl adjacent to an activating group) is 1. The molecule has 0 bridgehead atoms. The van der Waals surface area contributed by atoms with Crippen LogP contribution in [0.5, 0.6) is 0 Å². The molecule has 0 heterocycles. The second kappa shape index (κ2) is 7.09. The molecular weight excluding hydrogens is 285 g/mol. The fourth-order valence-electron chi connectivity index (χ4n) is 1.75. The van der Waals surface area contributed by atoms with Crippen LogP contribution >= 0.6 is 15.9 Å². The molecule has 0 aliphatic carbocycles. The lowest BCUT2D eigenvalue weighted by Gasteiger charge is -2.20. The molecule has 1 N–H and O–H groups in total. The van der Waals surface area contributed by atoms with Gasteiger partial charge in [-0.05, 0) is 60.4 Å². The summed E-state index contributed by atoms with van der Waals surface area (Å²) in [7, 11) is 3.65. The van der Waals surface area contributed by atoms with E-state index in [4.69, 9.17) is 4.74 Å². The first kappa shape index (κ1) is 14.6. The van der Waals surface area contributed by atoms with Crippen molar-refractivity contribution in [1.29, 1.82) is 0 Å². The molecule has 4 heteroatoms. The van der Waals surface area contributed by atoms with Crippen molar-refractivity contribution in [3.63, 3.8) is 0 Å². The minimum Gasteiger partial charge on any atom is -0.382 e. The number of hydrogen-bond donors (Lipinski definition) is 1. The van der Waals surface area contributed by atoms with Crippen LogP contribution in [0.3, 0.4) is 0 Å². The first-order valence-corrected chi connectivity index (χ1v) is 6.50. The second-order valence-corrected chi connectivity index (χ2v) is 5.07. The predicted molar refractivity (Wildman–Crippen MR) is 71.7 cm³/mol. The zero-order valence-electron chi connectivity index (χ0n) is 10.5. The summed E-state index contributed by atoms with van der Waals surface area (Å²) < 4.78 is 18.9. The average molecular weight is 304 g/mol. The standard InChI is InChI=1S/C13H19BrFNO/c1-9(17-3)6-11(16-2)7-10-4-5-13(15)12(14)8-10/h4-5,8-9,11,16H,6-7H2,1-3H3. The zero-order chi connectivity index (χ0) is 12.8. The van der Waals surface area contributed by atoms with Crippen molar-refractivity contribution < 1.29 is 9.13 Å².